The van der Waals surface area contributed by atoms with E-state index in [0.29, 0.717) is 31.1 Å². The van der Waals surface area contributed by atoms with Gasteiger partial charge in [0.2, 0.25) is 5.88 Å². The average Bonchev–Trinajstić information content (AvgIpc) is 3.06. The van der Waals surface area contributed by atoms with E-state index < -0.39 is 0 Å². The number of hydrogen-bond acceptors (Lipinski definition) is 5. The van der Waals surface area contributed by atoms with Crippen molar-refractivity contribution < 1.29 is 14.2 Å². The maximum Gasteiger partial charge on any atom is 0.331 e. The third-order valence-corrected chi connectivity index (χ3v) is 6.65. The van der Waals surface area contributed by atoms with Gasteiger partial charge in [0, 0.05) is 30.8 Å². The van der Waals surface area contributed by atoms with Crippen LogP contribution in [0, 0.1) is 5.82 Å². The Morgan fingerprint density at radius 1 is 1.12 bits per heavy atom. The highest BCUT2D eigenvalue weighted by Gasteiger charge is 2.25. The largest absolute Gasteiger partial charge is 0.493 e. The van der Waals surface area contributed by atoms with E-state index in [4.69, 9.17) is 4.74 Å². The number of benzene rings is 1. The summed E-state index contributed by atoms with van der Waals surface area (Å²) in [4.78, 5) is 17.2. The molecular formula is C25H29FN4O3. The summed E-state index contributed by atoms with van der Waals surface area (Å²) < 4.78 is 22.8. The van der Waals surface area contributed by atoms with Crippen molar-refractivity contribution in [2.45, 2.75) is 57.3 Å². The molecule has 3 heterocycles. The first-order valence-corrected chi connectivity index (χ1v) is 11.6. The van der Waals surface area contributed by atoms with Gasteiger partial charge in [0.05, 0.1) is 30.7 Å². The van der Waals surface area contributed by atoms with Gasteiger partial charge < -0.3 is 15.2 Å². The van der Waals surface area contributed by atoms with E-state index >= 15 is 0 Å². The van der Waals surface area contributed by atoms with Gasteiger partial charge >= 0.3 is 5.69 Å². The molecule has 1 aliphatic carbocycles. The lowest BCUT2D eigenvalue weighted by atomic mass is 9.93. The van der Waals surface area contributed by atoms with Crippen LogP contribution in [0.3, 0.4) is 0 Å². The molecule has 3 aromatic rings. The summed E-state index contributed by atoms with van der Waals surface area (Å²) in [5, 5.41) is 13.5. The molecule has 2 aliphatic rings. The monoisotopic (exact) mass is 452 g/mol. The molecule has 1 unspecified atom stereocenters. The quantitative estimate of drug-likeness (QED) is 0.573. The summed E-state index contributed by atoms with van der Waals surface area (Å²) in [6, 6.07) is 11.2. The smallest absolute Gasteiger partial charge is 0.331 e. The molecule has 1 saturated heterocycles. The van der Waals surface area contributed by atoms with E-state index in [1.54, 1.807) is 6.07 Å². The zero-order valence-electron chi connectivity index (χ0n) is 18.5. The predicted octanol–water partition coefficient (Wildman–Crippen LogP) is 3.60. The standard InChI is InChI=1S/C25H29FN4O3/c26-21-10-11-22(28-23(21)13-27-19-3-2-12-33-16-19)18-8-6-17(7-9-18)14-29-15-24(31)30(25(29)32)20-4-1-5-20/h6-11,15,19-20,27,31H,1-5,12-14,16H2. The number of imidazole rings is 1. The molecule has 1 saturated carbocycles. The maximum atomic E-state index is 14.3. The minimum Gasteiger partial charge on any atom is -0.493 e. The van der Waals surface area contributed by atoms with Crippen LogP contribution < -0.4 is 11.0 Å². The molecule has 0 radical (unpaired) electrons. The number of nitrogens with one attached hydrogen (secondary N) is 1. The molecule has 1 atom stereocenters. The lowest BCUT2D eigenvalue weighted by Gasteiger charge is -2.26. The van der Waals surface area contributed by atoms with Gasteiger partial charge in [-0.1, -0.05) is 24.3 Å². The normalized spacial score (nSPS) is 18.9. The zero-order valence-corrected chi connectivity index (χ0v) is 18.5. The van der Waals surface area contributed by atoms with Crippen molar-refractivity contribution in [3.05, 3.63) is 70.2 Å². The molecule has 2 N–H and O–H groups in total. The molecule has 7 nitrogen and oxygen atoms in total. The molecule has 0 spiro atoms. The Bertz CT molecular complexity index is 1160. The summed E-state index contributed by atoms with van der Waals surface area (Å²) in [7, 11) is 0. The van der Waals surface area contributed by atoms with Crippen molar-refractivity contribution in [3.63, 3.8) is 0 Å². The number of rotatable bonds is 7. The van der Waals surface area contributed by atoms with Gasteiger partial charge in [-0.2, -0.15) is 0 Å². The highest BCUT2D eigenvalue weighted by molar-refractivity contribution is 5.59. The van der Waals surface area contributed by atoms with Crippen molar-refractivity contribution in [2.24, 2.45) is 0 Å². The van der Waals surface area contributed by atoms with Gasteiger partial charge in [-0.25, -0.2) is 14.2 Å². The number of halogens is 1. The Hall–Kier alpha value is -2.97. The van der Waals surface area contributed by atoms with E-state index in [2.05, 4.69) is 10.3 Å². The number of aromatic hydroxyl groups is 1. The molecule has 2 fully saturated rings. The summed E-state index contributed by atoms with van der Waals surface area (Å²) in [5.74, 6) is -0.299. The maximum absolute atomic E-state index is 14.3. The predicted molar refractivity (Wildman–Crippen MR) is 123 cm³/mol. The number of pyridine rings is 1. The van der Waals surface area contributed by atoms with Crippen LogP contribution in [0.2, 0.25) is 0 Å². The van der Waals surface area contributed by atoms with Crippen LogP contribution in [-0.2, 0) is 17.8 Å². The van der Waals surface area contributed by atoms with Crippen molar-refractivity contribution in [2.75, 3.05) is 13.2 Å². The Kier molecular flexibility index (Phi) is 6.28. The number of nitrogens with zero attached hydrogens (tertiary/aromatic N) is 3. The summed E-state index contributed by atoms with van der Waals surface area (Å²) in [6.07, 6.45) is 6.50. The van der Waals surface area contributed by atoms with Crippen LogP contribution in [0.15, 0.2) is 47.4 Å². The van der Waals surface area contributed by atoms with Crippen LogP contribution in [0.5, 0.6) is 5.88 Å². The highest BCUT2D eigenvalue weighted by atomic mass is 19.1. The molecule has 1 aromatic carbocycles. The van der Waals surface area contributed by atoms with E-state index in [9.17, 15) is 14.3 Å². The second kappa shape index (κ2) is 9.49. The second-order valence-electron chi connectivity index (χ2n) is 8.97. The Balaban J connectivity index is 1.28. The van der Waals surface area contributed by atoms with Gasteiger partial charge in [0.1, 0.15) is 5.82 Å². The van der Waals surface area contributed by atoms with Crippen LogP contribution in [0.4, 0.5) is 4.39 Å². The fraction of sp³-hybridized carbons (Fsp3) is 0.440. The Labute approximate surface area is 191 Å². The van der Waals surface area contributed by atoms with Crippen LogP contribution in [-0.4, -0.2) is 38.5 Å². The first kappa shape index (κ1) is 21.9. The third kappa shape index (κ3) is 4.72. The number of aromatic nitrogens is 3. The van der Waals surface area contributed by atoms with Crippen LogP contribution >= 0.6 is 0 Å². The highest BCUT2D eigenvalue weighted by Crippen LogP contribution is 2.33. The minimum absolute atomic E-state index is 0.0257. The van der Waals surface area contributed by atoms with Crippen LogP contribution in [0.25, 0.3) is 11.3 Å². The average molecular weight is 453 g/mol. The Morgan fingerprint density at radius 3 is 2.64 bits per heavy atom. The van der Waals surface area contributed by atoms with E-state index in [1.165, 1.54) is 21.4 Å². The molecule has 33 heavy (non-hydrogen) atoms. The Morgan fingerprint density at radius 2 is 1.94 bits per heavy atom. The topological polar surface area (TPSA) is 81.3 Å². The minimum atomic E-state index is -0.324. The van der Waals surface area contributed by atoms with Crippen LogP contribution in [0.1, 0.15) is 49.4 Å². The van der Waals surface area contributed by atoms with Crippen molar-refractivity contribution in [1.29, 1.82) is 0 Å². The van der Waals surface area contributed by atoms with Crippen molar-refractivity contribution >= 4 is 0 Å². The zero-order chi connectivity index (χ0) is 22.8. The van der Waals surface area contributed by atoms with Gasteiger partial charge in [-0.3, -0.25) is 9.13 Å². The molecule has 1 aliphatic heterocycles. The second-order valence-corrected chi connectivity index (χ2v) is 8.97. The molecule has 5 rings (SSSR count). The van der Waals surface area contributed by atoms with E-state index in [1.807, 2.05) is 24.3 Å². The fourth-order valence-corrected chi connectivity index (χ4v) is 4.48. The number of hydrogen-bond donors (Lipinski definition) is 2. The molecule has 0 bridgehead atoms. The lowest BCUT2D eigenvalue weighted by molar-refractivity contribution is 0.0697. The van der Waals surface area contributed by atoms with Gasteiger partial charge in [0.25, 0.3) is 0 Å². The molecule has 0 amide bonds. The summed E-state index contributed by atoms with van der Waals surface area (Å²) in [6.45, 7) is 2.17. The lowest BCUT2D eigenvalue weighted by Crippen LogP contribution is -2.36. The molecule has 8 heteroatoms. The van der Waals surface area contributed by atoms with Gasteiger partial charge in [-0.15, -0.1) is 0 Å². The SMILES string of the molecule is O=c1n(Cc2ccc(-c3ccc(F)c(CNC4CCCOC4)n3)cc2)cc(O)n1C1CCC1. The summed E-state index contributed by atoms with van der Waals surface area (Å²) in [5.41, 5.74) is 2.73. The summed E-state index contributed by atoms with van der Waals surface area (Å²) >= 11 is 0. The first-order chi connectivity index (χ1) is 16.1. The first-order valence-electron chi connectivity index (χ1n) is 11.6. The molecule has 2 aromatic heterocycles. The van der Waals surface area contributed by atoms with Crippen molar-refractivity contribution in [1.82, 2.24) is 19.4 Å². The van der Waals surface area contributed by atoms with Crippen molar-refractivity contribution in [3.8, 4) is 17.1 Å². The molecule has 174 valence electrons. The third-order valence-electron chi connectivity index (χ3n) is 6.65. The molecular weight excluding hydrogens is 423 g/mol. The number of ether oxygens (including phenoxy) is 1. The van der Waals surface area contributed by atoms with Gasteiger partial charge in [0.15, 0.2) is 0 Å². The van der Waals surface area contributed by atoms with E-state index in [0.717, 1.165) is 49.8 Å². The fourth-order valence-electron chi connectivity index (χ4n) is 4.48. The van der Waals surface area contributed by atoms with Gasteiger partial charge in [-0.05, 0) is 49.8 Å². The van der Waals surface area contributed by atoms with E-state index in [-0.39, 0.29) is 29.5 Å².